The molecule has 2 aliphatic carbocycles. The molecule has 0 saturated heterocycles. The number of hydrogen-bond acceptors (Lipinski definition) is 5. The summed E-state index contributed by atoms with van der Waals surface area (Å²) in [6, 6.07) is 0. The van der Waals surface area contributed by atoms with Gasteiger partial charge in [-0.3, -0.25) is 9.18 Å². The Bertz CT molecular complexity index is 481. The fourth-order valence-electron chi connectivity index (χ4n) is 3.52. The van der Waals surface area contributed by atoms with Crippen molar-refractivity contribution in [3.8, 4) is 0 Å². The Balaban J connectivity index is 1.64. The van der Waals surface area contributed by atoms with Gasteiger partial charge in [-0.15, -0.1) is 0 Å². The molecule has 0 N–H and O–H groups in total. The minimum atomic E-state index is -4.99. The van der Waals surface area contributed by atoms with Crippen molar-refractivity contribution in [2.24, 2.45) is 5.92 Å². The van der Waals surface area contributed by atoms with Gasteiger partial charge in [-0.1, -0.05) is 0 Å². The molecule has 0 aromatic carbocycles. The van der Waals surface area contributed by atoms with Gasteiger partial charge in [0.2, 0.25) is 0 Å². The van der Waals surface area contributed by atoms with Crippen LogP contribution < -0.4 is 0 Å². The maximum absolute atomic E-state index is 12.3. The van der Waals surface area contributed by atoms with Gasteiger partial charge in [-0.05, 0) is 57.8 Å². The van der Waals surface area contributed by atoms with E-state index >= 15 is 0 Å². The predicted octanol–water partition coefficient (Wildman–Crippen LogP) is 3.88. The highest BCUT2D eigenvalue weighted by molar-refractivity contribution is 5.75. The molecule has 0 radical (unpaired) electrons. The fourth-order valence-corrected chi connectivity index (χ4v) is 3.52. The number of halogens is 4. The van der Waals surface area contributed by atoms with Crippen molar-refractivity contribution in [3.63, 3.8) is 0 Å². The second kappa shape index (κ2) is 10.2. The lowest BCUT2D eigenvalue weighted by Gasteiger charge is -2.31. The number of alkyl halides is 4. The van der Waals surface area contributed by atoms with Crippen molar-refractivity contribution in [1.29, 1.82) is 0 Å². The molecule has 27 heavy (non-hydrogen) atoms. The maximum atomic E-state index is 12.3. The standard InChI is InChI=1S/C18H26F4O5/c19-10-1-11-25-13-4-2-12(3-5-13)16(23)26-14-6-8-15(9-7-14)27-17(24)18(20,21)22/h12-15H,1-11H2. The summed E-state index contributed by atoms with van der Waals surface area (Å²) in [6.07, 6.45) is -1.69. The number of ether oxygens (including phenoxy) is 3. The SMILES string of the molecule is O=C(OC1CCC(OC(=O)C(F)(F)F)CC1)C1CCC(OCCCF)CC1. The van der Waals surface area contributed by atoms with Gasteiger partial charge in [0.1, 0.15) is 12.2 Å². The molecule has 5 nitrogen and oxygen atoms in total. The van der Waals surface area contributed by atoms with Crippen LogP contribution in [0, 0.1) is 5.92 Å². The van der Waals surface area contributed by atoms with Crippen LogP contribution in [0.3, 0.4) is 0 Å². The normalized spacial score (nSPS) is 29.2. The minimum absolute atomic E-state index is 0.0550. The van der Waals surface area contributed by atoms with Gasteiger partial charge in [0, 0.05) is 6.61 Å². The zero-order chi connectivity index (χ0) is 19.9. The second-order valence-corrected chi connectivity index (χ2v) is 7.13. The Labute approximate surface area is 155 Å². The molecule has 0 spiro atoms. The summed E-state index contributed by atoms with van der Waals surface area (Å²) in [4.78, 5) is 23.1. The Hall–Kier alpha value is -1.38. The molecule has 0 amide bonds. The molecule has 2 aliphatic rings. The van der Waals surface area contributed by atoms with Crippen molar-refractivity contribution in [2.75, 3.05) is 13.3 Å². The van der Waals surface area contributed by atoms with Gasteiger partial charge < -0.3 is 14.2 Å². The van der Waals surface area contributed by atoms with Crippen LogP contribution in [0.15, 0.2) is 0 Å². The average Bonchev–Trinajstić information content (AvgIpc) is 2.63. The fraction of sp³-hybridized carbons (Fsp3) is 0.889. The first-order valence-corrected chi connectivity index (χ1v) is 9.45. The number of hydrogen-bond donors (Lipinski definition) is 0. The van der Waals surface area contributed by atoms with E-state index in [1.165, 1.54) is 0 Å². The Kier molecular flexibility index (Phi) is 8.31. The second-order valence-electron chi connectivity index (χ2n) is 7.13. The van der Waals surface area contributed by atoms with Crippen molar-refractivity contribution in [1.82, 2.24) is 0 Å². The van der Waals surface area contributed by atoms with Crippen LogP contribution in [-0.2, 0) is 23.8 Å². The van der Waals surface area contributed by atoms with Gasteiger partial charge in [0.25, 0.3) is 0 Å². The molecule has 0 aromatic rings. The van der Waals surface area contributed by atoms with E-state index < -0.39 is 24.9 Å². The van der Waals surface area contributed by atoms with Gasteiger partial charge in [0.15, 0.2) is 0 Å². The van der Waals surface area contributed by atoms with E-state index in [-0.39, 0.29) is 36.9 Å². The molecular weight excluding hydrogens is 372 g/mol. The van der Waals surface area contributed by atoms with Gasteiger partial charge in [-0.2, -0.15) is 13.2 Å². The lowest BCUT2D eigenvalue weighted by molar-refractivity contribution is -0.207. The van der Waals surface area contributed by atoms with E-state index in [0.29, 0.717) is 38.7 Å². The zero-order valence-electron chi connectivity index (χ0n) is 15.1. The first kappa shape index (κ1) is 21.9. The van der Waals surface area contributed by atoms with Crippen molar-refractivity contribution >= 4 is 11.9 Å². The van der Waals surface area contributed by atoms with Crippen molar-refractivity contribution in [3.05, 3.63) is 0 Å². The third-order valence-corrected chi connectivity index (χ3v) is 5.05. The summed E-state index contributed by atoms with van der Waals surface area (Å²) < 4.78 is 64.2. The third-order valence-electron chi connectivity index (χ3n) is 5.05. The molecule has 0 heterocycles. The Morgan fingerprint density at radius 2 is 1.33 bits per heavy atom. The molecule has 2 saturated carbocycles. The molecular formula is C18H26F4O5. The van der Waals surface area contributed by atoms with E-state index in [1.807, 2.05) is 0 Å². The summed E-state index contributed by atoms with van der Waals surface area (Å²) in [7, 11) is 0. The van der Waals surface area contributed by atoms with Crippen LogP contribution in [0.2, 0.25) is 0 Å². The zero-order valence-corrected chi connectivity index (χ0v) is 15.1. The number of esters is 2. The topological polar surface area (TPSA) is 61.8 Å². The van der Waals surface area contributed by atoms with Crippen LogP contribution in [0.25, 0.3) is 0 Å². The lowest BCUT2D eigenvalue weighted by Crippen LogP contribution is -2.35. The summed E-state index contributed by atoms with van der Waals surface area (Å²) in [5, 5.41) is 0. The molecule has 0 aromatic heterocycles. The van der Waals surface area contributed by atoms with Gasteiger partial charge >= 0.3 is 18.1 Å². The molecule has 0 aliphatic heterocycles. The minimum Gasteiger partial charge on any atom is -0.462 e. The van der Waals surface area contributed by atoms with Crippen molar-refractivity contribution < 1.29 is 41.4 Å². The average molecular weight is 398 g/mol. The Morgan fingerprint density at radius 1 is 0.815 bits per heavy atom. The summed E-state index contributed by atoms with van der Waals surface area (Å²) in [6.45, 7) is -0.0161. The smallest absolute Gasteiger partial charge is 0.462 e. The highest BCUT2D eigenvalue weighted by Crippen LogP contribution is 2.30. The predicted molar refractivity (Wildman–Crippen MR) is 86.6 cm³/mol. The quantitative estimate of drug-likeness (QED) is 0.370. The largest absolute Gasteiger partial charge is 0.490 e. The van der Waals surface area contributed by atoms with Crippen LogP contribution in [0.4, 0.5) is 17.6 Å². The molecule has 156 valence electrons. The molecule has 0 bridgehead atoms. The monoisotopic (exact) mass is 398 g/mol. The van der Waals surface area contributed by atoms with E-state index in [4.69, 9.17) is 9.47 Å². The van der Waals surface area contributed by atoms with Crippen LogP contribution in [-0.4, -0.2) is 49.7 Å². The number of carbonyl (C=O) groups is 2. The first-order chi connectivity index (χ1) is 12.8. The highest BCUT2D eigenvalue weighted by Gasteiger charge is 2.43. The van der Waals surface area contributed by atoms with Crippen LogP contribution >= 0.6 is 0 Å². The van der Waals surface area contributed by atoms with Gasteiger partial charge in [0.05, 0.1) is 18.7 Å². The van der Waals surface area contributed by atoms with Crippen LogP contribution in [0.1, 0.15) is 57.8 Å². The molecule has 2 rings (SSSR count). The number of carbonyl (C=O) groups excluding carboxylic acids is 2. The maximum Gasteiger partial charge on any atom is 0.490 e. The van der Waals surface area contributed by atoms with Gasteiger partial charge in [-0.25, -0.2) is 4.79 Å². The van der Waals surface area contributed by atoms with Crippen LogP contribution in [0.5, 0.6) is 0 Å². The summed E-state index contributed by atoms with van der Waals surface area (Å²) in [5.41, 5.74) is 0. The van der Waals surface area contributed by atoms with E-state index in [0.717, 1.165) is 12.8 Å². The Morgan fingerprint density at radius 3 is 1.85 bits per heavy atom. The molecule has 9 heteroatoms. The summed E-state index contributed by atoms with van der Waals surface area (Å²) in [5.74, 6) is -2.66. The lowest BCUT2D eigenvalue weighted by atomic mass is 9.87. The number of rotatable bonds is 7. The third kappa shape index (κ3) is 7.27. The summed E-state index contributed by atoms with van der Waals surface area (Å²) >= 11 is 0. The highest BCUT2D eigenvalue weighted by atomic mass is 19.4. The molecule has 0 unspecified atom stereocenters. The van der Waals surface area contributed by atoms with E-state index in [2.05, 4.69) is 4.74 Å². The van der Waals surface area contributed by atoms with E-state index in [9.17, 15) is 27.2 Å². The first-order valence-electron chi connectivity index (χ1n) is 9.45. The van der Waals surface area contributed by atoms with E-state index in [1.54, 1.807) is 0 Å². The molecule has 2 fully saturated rings. The van der Waals surface area contributed by atoms with Crippen molar-refractivity contribution in [2.45, 2.75) is 82.3 Å². The molecule has 0 atom stereocenters.